The summed E-state index contributed by atoms with van der Waals surface area (Å²) in [6.07, 6.45) is 18.5. The number of ether oxygens (including phenoxy) is 2. The van der Waals surface area contributed by atoms with E-state index in [1.54, 1.807) is 0 Å². The average molecular weight is 725 g/mol. The van der Waals surface area contributed by atoms with Gasteiger partial charge in [-0.15, -0.1) is 0 Å². The van der Waals surface area contributed by atoms with Gasteiger partial charge in [-0.3, -0.25) is 4.79 Å². The highest BCUT2D eigenvalue weighted by Crippen LogP contribution is 2.72. The lowest BCUT2D eigenvalue weighted by atomic mass is 9.41. The summed E-state index contributed by atoms with van der Waals surface area (Å²) in [4.78, 5) is 14.4. The number of carbonyl (C=O) groups excluding carboxylic acids is 1. The first-order chi connectivity index (χ1) is 24.6. The highest BCUT2D eigenvalue weighted by molar-refractivity contribution is 5.95. The monoisotopic (exact) mass is 725 g/mol. The van der Waals surface area contributed by atoms with Crippen molar-refractivity contribution in [3.63, 3.8) is 0 Å². The van der Waals surface area contributed by atoms with Crippen LogP contribution in [0, 0.1) is 51.8 Å². The molecule has 0 aromatic heterocycles. The molecule has 14 unspecified atom stereocenters. The van der Waals surface area contributed by atoms with Crippen LogP contribution in [0.4, 0.5) is 0 Å². The molecule has 8 nitrogen and oxygen atoms in total. The van der Waals surface area contributed by atoms with Gasteiger partial charge in [0.1, 0.15) is 17.8 Å². The second-order valence-corrected chi connectivity index (χ2v) is 20.8. The van der Waals surface area contributed by atoms with Gasteiger partial charge in [-0.2, -0.15) is 0 Å². The van der Waals surface area contributed by atoms with Crippen molar-refractivity contribution in [1.82, 2.24) is 5.32 Å². The minimum Gasteiger partial charge on any atom is -0.393 e. The predicted octanol–water partition coefficient (Wildman–Crippen LogP) is 6.58. The van der Waals surface area contributed by atoms with Gasteiger partial charge in [-0.1, -0.05) is 47.0 Å². The van der Waals surface area contributed by atoms with E-state index in [2.05, 4.69) is 33.0 Å². The van der Waals surface area contributed by atoms with Gasteiger partial charge in [0.15, 0.2) is 5.78 Å². The molecule has 0 radical (unpaired) electrons. The normalized spacial score (nSPS) is 49.7. The summed E-state index contributed by atoms with van der Waals surface area (Å²) >= 11 is 0. The highest BCUT2D eigenvalue weighted by atomic mass is 16.6. The number of nitrogens with two attached hydrogens (primary N) is 1. The van der Waals surface area contributed by atoms with Gasteiger partial charge in [-0.25, -0.2) is 0 Å². The van der Waals surface area contributed by atoms with Gasteiger partial charge in [0.2, 0.25) is 0 Å². The van der Waals surface area contributed by atoms with Crippen molar-refractivity contribution in [1.29, 1.82) is 0 Å². The number of ketones is 1. The zero-order valence-corrected chi connectivity index (χ0v) is 33.1. The molecular formula is C44H72N2O6. The van der Waals surface area contributed by atoms with Gasteiger partial charge < -0.3 is 35.8 Å². The number of carbonyl (C=O) groups is 1. The smallest absolute Gasteiger partial charge is 0.159 e. The molecule has 3 aliphatic heterocycles. The van der Waals surface area contributed by atoms with E-state index in [0.29, 0.717) is 37.2 Å². The fraction of sp³-hybridized carbons (Fsp3) is 0.932. The summed E-state index contributed by atoms with van der Waals surface area (Å²) in [6, 6.07) is 0. The standard InChI is InChI=1S/C44H72N2O6/c1-27-16-22-51-43(26-27,38-37(52-38)41(5,49)39(2,3)17-11-28-15-21-46-36(45)23-28)35-14-20-44(50)32-25-34(48)33-24-30(47)12-19-42(33,29-9-7-6-8-10-29)31(32)13-18-40(35,44)4/h25,27-31,33,35-38,46-47,49-50H,6-24,26,45H2,1-5H3. The summed E-state index contributed by atoms with van der Waals surface area (Å²) in [7, 11) is 0. The Balaban J connectivity index is 1.09. The zero-order valence-electron chi connectivity index (χ0n) is 33.1. The molecule has 0 aromatic carbocycles. The van der Waals surface area contributed by atoms with Gasteiger partial charge >= 0.3 is 0 Å². The average Bonchev–Trinajstić information content (AvgIpc) is 3.88. The first-order valence-corrected chi connectivity index (χ1v) is 21.8. The molecule has 7 fully saturated rings. The van der Waals surface area contributed by atoms with Crippen LogP contribution in [-0.4, -0.2) is 75.5 Å². The summed E-state index contributed by atoms with van der Waals surface area (Å²) in [6.45, 7) is 12.7. The molecule has 8 rings (SSSR count). The van der Waals surface area contributed by atoms with Gasteiger partial charge in [0.05, 0.1) is 23.5 Å². The number of nitrogens with one attached hydrogen (secondary N) is 1. The number of aliphatic hydroxyl groups is 3. The van der Waals surface area contributed by atoms with Crippen LogP contribution in [0.3, 0.4) is 0 Å². The van der Waals surface area contributed by atoms with E-state index < -0.39 is 28.3 Å². The minimum atomic E-state index is -1.09. The summed E-state index contributed by atoms with van der Waals surface area (Å²) < 4.78 is 13.9. The largest absolute Gasteiger partial charge is 0.393 e. The molecule has 52 heavy (non-hydrogen) atoms. The highest BCUT2D eigenvalue weighted by Gasteiger charge is 2.75. The van der Waals surface area contributed by atoms with Crippen LogP contribution in [0.2, 0.25) is 0 Å². The van der Waals surface area contributed by atoms with Crippen molar-refractivity contribution in [2.45, 2.75) is 191 Å². The number of hydrogen-bond acceptors (Lipinski definition) is 8. The van der Waals surface area contributed by atoms with Crippen molar-refractivity contribution in [3.05, 3.63) is 11.6 Å². The molecule has 3 heterocycles. The van der Waals surface area contributed by atoms with Crippen molar-refractivity contribution in [2.75, 3.05) is 13.2 Å². The molecule has 0 bridgehead atoms. The van der Waals surface area contributed by atoms with Crippen molar-refractivity contribution in [3.8, 4) is 0 Å². The van der Waals surface area contributed by atoms with E-state index in [9.17, 15) is 20.1 Å². The second-order valence-electron chi connectivity index (χ2n) is 20.8. The lowest BCUT2D eigenvalue weighted by Crippen LogP contribution is -2.64. The number of epoxide rings is 1. The molecule has 0 spiro atoms. The Kier molecular flexibility index (Phi) is 9.78. The molecule has 0 aromatic rings. The van der Waals surface area contributed by atoms with Crippen LogP contribution >= 0.6 is 0 Å². The maximum atomic E-state index is 14.4. The summed E-state index contributed by atoms with van der Waals surface area (Å²) in [5.74, 6) is 1.75. The lowest BCUT2D eigenvalue weighted by Gasteiger charge is -2.64. The Labute approximate surface area is 313 Å². The quantitative estimate of drug-likeness (QED) is 0.177. The predicted molar refractivity (Wildman–Crippen MR) is 202 cm³/mol. The molecule has 294 valence electrons. The summed E-state index contributed by atoms with van der Waals surface area (Å²) in [5.41, 5.74) is 3.51. The molecule has 0 amide bonds. The number of aliphatic hydroxyl groups excluding tert-OH is 1. The Morgan fingerprint density at radius 1 is 0.981 bits per heavy atom. The Hall–Kier alpha value is -0.870. The molecule has 6 N–H and O–H groups in total. The van der Waals surface area contributed by atoms with E-state index >= 15 is 0 Å². The zero-order chi connectivity index (χ0) is 36.9. The molecular weight excluding hydrogens is 652 g/mol. The third kappa shape index (κ3) is 5.71. The maximum Gasteiger partial charge on any atom is 0.159 e. The van der Waals surface area contributed by atoms with Crippen LogP contribution in [0.15, 0.2) is 11.6 Å². The van der Waals surface area contributed by atoms with Gasteiger partial charge in [0.25, 0.3) is 0 Å². The minimum absolute atomic E-state index is 0.0476. The fourth-order valence-corrected chi connectivity index (χ4v) is 14.4. The van der Waals surface area contributed by atoms with Crippen molar-refractivity contribution in [2.24, 2.45) is 57.5 Å². The van der Waals surface area contributed by atoms with Crippen LogP contribution in [0.25, 0.3) is 0 Å². The van der Waals surface area contributed by atoms with Crippen LogP contribution in [0.5, 0.6) is 0 Å². The van der Waals surface area contributed by atoms with E-state index in [-0.39, 0.29) is 52.7 Å². The van der Waals surface area contributed by atoms with E-state index in [0.717, 1.165) is 82.7 Å². The Morgan fingerprint density at radius 3 is 2.48 bits per heavy atom. The van der Waals surface area contributed by atoms with Crippen LogP contribution in [-0.2, 0) is 14.3 Å². The van der Waals surface area contributed by atoms with E-state index in [1.165, 1.54) is 32.1 Å². The topological polar surface area (TPSA) is 138 Å². The molecule has 3 saturated heterocycles. The van der Waals surface area contributed by atoms with Crippen molar-refractivity contribution >= 4 is 5.78 Å². The van der Waals surface area contributed by atoms with E-state index in [1.807, 2.05) is 13.0 Å². The molecule has 8 aliphatic rings. The number of piperidine rings is 1. The van der Waals surface area contributed by atoms with Gasteiger partial charge in [0, 0.05) is 17.9 Å². The molecule has 14 atom stereocenters. The second kappa shape index (κ2) is 13.4. The SMILES string of the molecule is CC1CCOC(C2OC2C(C)(O)C(C)(C)CCC2CCNC(N)C2)(C2CCC3(O)C4=CC(=O)C5CC(O)CCC5(C5CCCCC5)C4CCC23C)C1. The lowest BCUT2D eigenvalue weighted by molar-refractivity contribution is -0.197. The molecule has 5 aliphatic carbocycles. The van der Waals surface area contributed by atoms with E-state index in [4.69, 9.17) is 15.2 Å². The first kappa shape index (κ1) is 38.0. The number of rotatable bonds is 8. The van der Waals surface area contributed by atoms with Crippen LogP contribution in [0.1, 0.15) is 150 Å². The Bertz CT molecular complexity index is 1390. The molecule has 8 heteroatoms. The number of hydrogen-bond donors (Lipinski definition) is 5. The third-order valence-electron chi connectivity index (χ3n) is 17.9. The maximum absolute atomic E-state index is 14.4. The number of fused-ring (bicyclic) bond motifs is 5. The van der Waals surface area contributed by atoms with Gasteiger partial charge in [-0.05, 0) is 162 Å². The number of allylic oxidation sites excluding steroid dienone is 1. The Morgan fingerprint density at radius 2 is 1.75 bits per heavy atom. The summed E-state index contributed by atoms with van der Waals surface area (Å²) in [5, 5.41) is 40.1. The third-order valence-corrected chi connectivity index (χ3v) is 17.9. The van der Waals surface area contributed by atoms with Crippen LogP contribution < -0.4 is 11.1 Å². The first-order valence-electron chi connectivity index (χ1n) is 21.8. The van der Waals surface area contributed by atoms with Crippen molar-refractivity contribution < 1.29 is 29.6 Å². The molecule has 4 saturated carbocycles. The fourth-order valence-electron chi connectivity index (χ4n) is 14.4.